The third kappa shape index (κ3) is 4.34. The Morgan fingerprint density at radius 2 is 1.67 bits per heavy atom. The number of quaternary nitrogens is 1. The van der Waals surface area contributed by atoms with Crippen molar-refractivity contribution in [1.82, 2.24) is 0 Å². The van der Waals surface area contributed by atoms with Crippen molar-refractivity contribution < 1.29 is 9.64 Å². The van der Waals surface area contributed by atoms with Gasteiger partial charge in [0.15, 0.2) is 0 Å². The van der Waals surface area contributed by atoms with E-state index in [4.69, 9.17) is 4.74 Å². The van der Waals surface area contributed by atoms with Gasteiger partial charge in [-0.15, -0.1) is 0 Å². The van der Waals surface area contributed by atoms with Gasteiger partial charge >= 0.3 is 0 Å². The van der Waals surface area contributed by atoms with Gasteiger partial charge in [0.25, 0.3) is 0 Å². The summed E-state index contributed by atoms with van der Waals surface area (Å²) in [5.41, 5.74) is 1.27. The van der Waals surface area contributed by atoms with Crippen LogP contribution in [0.1, 0.15) is 19.4 Å². The molecule has 15 heavy (non-hydrogen) atoms. The van der Waals surface area contributed by atoms with Crippen molar-refractivity contribution in [3.05, 3.63) is 29.8 Å². The molecule has 1 rings (SSSR count). The van der Waals surface area contributed by atoms with Gasteiger partial charge in [-0.3, -0.25) is 0 Å². The molecule has 0 aromatic heterocycles. The molecular formula is C13H22NO+. The van der Waals surface area contributed by atoms with Crippen LogP contribution in [0.5, 0.6) is 5.75 Å². The quantitative estimate of drug-likeness (QED) is 0.744. The zero-order valence-corrected chi connectivity index (χ0v) is 10.0. The van der Waals surface area contributed by atoms with E-state index in [0.717, 1.165) is 18.9 Å². The third-order valence-corrected chi connectivity index (χ3v) is 2.75. The molecule has 0 saturated carbocycles. The molecule has 2 heteroatoms. The van der Waals surface area contributed by atoms with Gasteiger partial charge in [0, 0.05) is 0 Å². The van der Waals surface area contributed by atoms with E-state index in [0.29, 0.717) is 0 Å². The highest BCUT2D eigenvalue weighted by molar-refractivity contribution is 5.26. The van der Waals surface area contributed by atoms with Crippen molar-refractivity contribution in [2.45, 2.75) is 20.8 Å². The average Bonchev–Trinajstić information content (AvgIpc) is 2.27. The minimum absolute atomic E-state index is 0.806. The molecule has 0 aliphatic carbocycles. The molecule has 0 bridgehead atoms. The number of hydrogen-bond acceptors (Lipinski definition) is 1. The highest BCUT2D eigenvalue weighted by Crippen LogP contribution is 2.10. The maximum atomic E-state index is 5.67. The molecule has 1 N–H and O–H groups in total. The molecule has 0 aliphatic rings. The molecule has 0 atom stereocenters. The van der Waals surface area contributed by atoms with E-state index in [1.165, 1.54) is 18.7 Å². The largest absolute Gasteiger partial charge is 0.488 e. The van der Waals surface area contributed by atoms with Crippen LogP contribution < -0.4 is 9.64 Å². The van der Waals surface area contributed by atoms with Gasteiger partial charge < -0.3 is 9.64 Å². The van der Waals surface area contributed by atoms with Crippen LogP contribution in [-0.4, -0.2) is 26.2 Å². The van der Waals surface area contributed by atoms with Crippen LogP contribution in [0.3, 0.4) is 0 Å². The minimum Gasteiger partial charge on any atom is -0.488 e. The Bertz CT molecular complexity index is 264. The first-order valence-electron chi connectivity index (χ1n) is 5.79. The van der Waals surface area contributed by atoms with Crippen molar-refractivity contribution in [3.63, 3.8) is 0 Å². The molecule has 0 saturated heterocycles. The Kier molecular flexibility index (Phi) is 5.19. The summed E-state index contributed by atoms with van der Waals surface area (Å²) in [5, 5.41) is 0. The first-order chi connectivity index (χ1) is 7.26. The third-order valence-electron chi connectivity index (χ3n) is 2.75. The maximum absolute atomic E-state index is 5.67. The molecule has 0 spiro atoms. The molecule has 2 nitrogen and oxygen atoms in total. The topological polar surface area (TPSA) is 13.7 Å². The number of nitrogens with one attached hydrogen (secondary N) is 1. The fourth-order valence-corrected chi connectivity index (χ4v) is 1.55. The van der Waals surface area contributed by atoms with Crippen LogP contribution in [0.4, 0.5) is 0 Å². The average molecular weight is 208 g/mol. The van der Waals surface area contributed by atoms with Gasteiger partial charge in [-0.05, 0) is 32.9 Å². The summed E-state index contributed by atoms with van der Waals surface area (Å²) in [6, 6.07) is 8.24. The fraction of sp³-hybridized carbons (Fsp3) is 0.538. The summed E-state index contributed by atoms with van der Waals surface area (Å²) in [6.45, 7) is 10.8. The summed E-state index contributed by atoms with van der Waals surface area (Å²) in [5.74, 6) is 0.979. The molecule has 0 unspecified atom stereocenters. The van der Waals surface area contributed by atoms with Gasteiger partial charge in [0.1, 0.15) is 18.9 Å². The summed E-state index contributed by atoms with van der Waals surface area (Å²) < 4.78 is 5.67. The highest BCUT2D eigenvalue weighted by atomic mass is 16.5. The van der Waals surface area contributed by atoms with Crippen LogP contribution in [-0.2, 0) is 0 Å². The number of benzene rings is 1. The Labute approximate surface area is 92.9 Å². The lowest BCUT2D eigenvalue weighted by molar-refractivity contribution is -0.896. The number of aryl methyl sites for hydroxylation is 1. The standard InChI is InChI=1S/C13H21NO/c1-4-14(5-2)10-11-15-13-8-6-12(3)7-9-13/h6-9H,4-5,10-11H2,1-3H3/p+1. The molecule has 1 aromatic rings. The van der Waals surface area contributed by atoms with E-state index < -0.39 is 0 Å². The summed E-state index contributed by atoms with van der Waals surface area (Å²) in [7, 11) is 0. The smallest absolute Gasteiger partial charge is 0.137 e. The molecule has 0 radical (unpaired) electrons. The van der Waals surface area contributed by atoms with Gasteiger partial charge in [0.05, 0.1) is 13.1 Å². The number of likely N-dealkylation sites (N-methyl/N-ethyl adjacent to an activating group) is 1. The number of ether oxygens (including phenoxy) is 1. The van der Waals surface area contributed by atoms with Crippen LogP contribution >= 0.6 is 0 Å². The van der Waals surface area contributed by atoms with Crippen LogP contribution in [0.25, 0.3) is 0 Å². The van der Waals surface area contributed by atoms with Gasteiger partial charge in [-0.25, -0.2) is 0 Å². The normalized spacial score (nSPS) is 10.7. The second-order valence-corrected chi connectivity index (χ2v) is 3.87. The second kappa shape index (κ2) is 6.46. The fourth-order valence-electron chi connectivity index (χ4n) is 1.55. The van der Waals surface area contributed by atoms with Crippen molar-refractivity contribution >= 4 is 0 Å². The molecular weight excluding hydrogens is 186 g/mol. The summed E-state index contributed by atoms with van der Waals surface area (Å²) in [6.07, 6.45) is 0. The molecule has 0 aliphatic heterocycles. The lowest BCUT2D eigenvalue weighted by atomic mass is 10.2. The van der Waals surface area contributed by atoms with Crippen LogP contribution in [0.15, 0.2) is 24.3 Å². The van der Waals surface area contributed by atoms with Crippen molar-refractivity contribution in [2.75, 3.05) is 26.2 Å². The van der Waals surface area contributed by atoms with E-state index in [1.54, 1.807) is 4.90 Å². The number of rotatable bonds is 6. The molecule has 0 heterocycles. The van der Waals surface area contributed by atoms with E-state index >= 15 is 0 Å². The van der Waals surface area contributed by atoms with Crippen molar-refractivity contribution in [3.8, 4) is 5.75 Å². The van der Waals surface area contributed by atoms with E-state index in [2.05, 4.69) is 32.9 Å². The van der Waals surface area contributed by atoms with Gasteiger partial charge in [0.2, 0.25) is 0 Å². The van der Waals surface area contributed by atoms with Crippen molar-refractivity contribution in [2.24, 2.45) is 0 Å². The Morgan fingerprint density at radius 3 is 2.20 bits per heavy atom. The monoisotopic (exact) mass is 208 g/mol. The predicted octanol–water partition coefficient (Wildman–Crippen LogP) is 1.30. The SMILES string of the molecule is CC[NH+](CC)CCOc1ccc(C)cc1. The zero-order valence-electron chi connectivity index (χ0n) is 10.0. The van der Waals surface area contributed by atoms with Gasteiger partial charge in [-0.2, -0.15) is 0 Å². The Morgan fingerprint density at radius 1 is 1.07 bits per heavy atom. The summed E-state index contributed by atoms with van der Waals surface area (Å²) in [4.78, 5) is 1.59. The van der Waals surface area contributed by atoms with E-state index in [9.17, 15) is 0 Å². The second-order valence-electron chi connectivity index (χ2n) is 3.87. The maximum Gasteiger partial charge on any atom is 0.137 e. The minimum atomic E-state index is 0.806. The molecule has 0 amide bonds. The lowest BCUT2D eigenvalue weighted by Gasteiger charge is -2.15. The lowest BCUT2D eigenvalue weighted by Crippen LogP contribution is -3.12. The molecule has 1 aromatic carbocycles. The predicted molar refractivity (Wildman–Crippen MR) is 63.6 cm³/mol. The Hall–Kier alpha value is -1.02. The van der Waals surface area contributed by atoms with Crippen LogP contribution in [0.2, 0.25) is 0 Å². The number of hydrogen-bond donors (Lipinski definition) is 1. The summed E-state index contributed by atoms with van der Waals surface area (Å²) >= 11 is 0. The van der Waals surface area contributed by atoms with Crippen molar-refractivity contribution in [1.29, 1.82) is 0 Å². The van der Waals surface area contributed by atoms with Gasteiger partial charge in [-0.1, -0.05) is 17.7 Å². The molecule has 84 valence electrons. The van der Waals surface area contributed by atoms with E-state index in [1.807, 2.05) is 12.1 Å². The molecule has 0 fully saturated rings. The Balaban J connectivity index is 2.28. The zero-order chi connectivity index (χ0) is 11.1. The first kappa shape index (κ1) is 12.1. The van der Waals surface area contributed by atoms with Crippen LogP contribution in [0, 0.1) is 6.92 Å². The first-order valence-corrected chi connectivity index (χ1v) is 5.79. The highest BCUT2D eigenvalue weighted by Gasteiger charge is 2.01. The van der Waals surface area contributed by atoms with E-state index in [-0.39, 0.29) is 0 Å².